The summed E-state index contributed by atoms with van der Waals surface area (Å²) in [6, 6.07) is 15.6. The van der Waals surface area contributed by atoms with Crippen LogP contribution >= 0.6 is 11.6 Å². The van der Waals surface area contributed by atoms with Crippen LogP contribution in [-0.2, 0) is 11.3 Å². The van der Waals surface area contributed by atoms with E-state index in [1.165, 1.54) is 10.5 Å². The quantitative estimate of drug-likeness (QED) is 0.765. The van der Waals surface area contributed by atoms with E-state index in [0.717, 1.165) is 57.1 Å². The van der Waals surface area contributed by atoms with Crippen molar-refractivity contribution < 1.29 is 14.4 Å². The molecule has 5 heteroatoms. The lowest BCUT2D eigenvalue weighted by Crippen LogP contribution is -3.12. The van der Waals surface area contributed by atoms with E-state index in [1.54, 1.807) is 0 Å². The maximum atomic E-state index is 12.7. The molecule has 0 aromatic heterocycles. The molecule has 0 bridgehead atoms. The van der Waals surface area contributed by atoms with Crippen LogP contribution in [0, 0.1) is 5.92 Å². The molecule has 1 heterocycles. The maximum absolute atomic E-state index is 12.7. The van der Waals surface area contributed by atoms with Crippen LogP contribution in [0.15, 0.2) is 48.5 Å². The number of carbonyl (C=O) groups excluding carboxylic acids is 1. The van der Waals surface area contributed by atoms with Crippen LogP contribution in [0.5, 0.6) is 11.5 Å². The van der Waals surface area contributed by atoms with Gasteiger partial charge in [-0.15, -0.1) is 0 Å². The molecule has 0 aliphatic carbocycles. The summed E-state index contributed by atoms with van der Waals surface area (Å²) in [5, 5.41) is 0.698. The van der Waals surface area contributed by atoms with Crippen molar-refractivity contribution in [2.24, 2.45) is 5.92 Å². The van der Waals surface area contributed by atoms with Gasteiger partial charge in [0.25, 0.3) is 0 Å². The second kappa shape index (κ2) is 9.94. The summed E-state index contributed by atoms with van der Waals surface area (Å²) >= 11 is 5.94. The van der Waals surface area contributed by atoms with Crippen LogP contribution in [0.1, 0.15) is 32.3 Å². The highest BCUT2D eigenvalue weighted by atomic mass is 35.5. The first kappa shape index (κ1) is 20.7. The standard InChI is InChI=1S/C23H29ClN2O2/c1-3-26(4-2)23(27)19-8-6-14-25(17-19)16-18-7-5-9-22(15-18)28-21-12-10-20(24)11-13-21/h5,7,9-13,15,19H,3-4,6,8,14,16-17H2,1-2H3/p+1/t19-/m0/s1. The summed E-state index contributed by atoms with van der Waals surface area (Å²) in [5.41, 5.74) is 1.23. The number of nitrogens with one attached hydrogen (secondary N) is 1. The third kappa shape index (κ3) is 5.49. The predicted molar refractivity (Wildman–Crippen MR) is 113 cm³/mol. The maximum Gasteiger partial charge on any atom is 0.231 e. The third-order valence-corrected chi connectivity index (χ3v) is 5.70. The minimum absolute atomic E-state index is 0.150. The van der Waals surface area contributed by atoms with E-state index >= 15 is 0 Å². The number of hydrogen-bond acceptors (Lipinski definition) is 2. The van der Waals surface area contributed by atoms with Crippen molar-refractivity contribution in [2.45, 2.75) is 33.2 Å². The summed E-state index contributed by atoms with van der Waals surface area (Å²) in [6.45, 7) is 8.65. The van der Waals surface area contributed by atoms with E-state index in [4.69, 9.17) is 16.3 Å². The molecule has 28 heavy (non-hydrogen) atoms. The van der Waals surface area contributed by atoms with Crippen LogP contribution in [0.2, 0.25) is 5.02 Å². The Balaban J connectivity index is 1.61. The van der Waals surface area contributed by atoms with E-state index in [9.17, 15) is 4.79 Å². The largest absolute Gasteiger partial charge is 0.457 e. The summed E-state index contributed by atoms with van der Waals surface area (Å²) in [4.78, 5) is 16.2. The number of benzene rings is 2. The molecule has 1 fully saturated rings. The van der Waals surface area contributed by atoms with Gasteiger partial charge in [0.15, 0.2) is 0 Å². The molecule has 1 unspecified atom stereocenters. The van der Waals surface area contributed by atoms with Gasteiger partial charge in [-0.3, -0.25) is 4.79 Å². The Morgan fingerprint density at radius 1 is 1.14 bits per heavy atom. The van der Waals surface area contributed by atoms with Crippen molar-refractivity contribution >= 4 is 17.5 Å². The van der Waals surface area contributed by atoms with Gasteiger partial charge in [-0.25, -0.2) is 0 Å². The number of hydrogen-bond donors (Lipinski definition) is 1. The topological polar surface area (TPSA) is 34.0 Å². The van der Waals surface area contributed by atoms with E-state index in [0.29, 0.717) is 10.9 Å². The van der Waals surface area contributed by atoms with Gasteiger partial charge in [-0.1, -0.05) is 23.7 Å². The fourth-order valence-electron chi connectivity index (χ4n) is 3.96. The lowest BCUT2D eigenvalue weighted by atomic mass is 9.96. The van der Waals surface area contributed by atoms with Crippen molar-refractivity contribution in [3.63, 3.8) is 0 Å². The minimum atomic E-state index is 0.150. The van der Waals surface area contributed by atoms with E-state index in [1.807, 2.05) is 41.3 Å². The normalized spacial score (nSPS) is 19.2. The van der Waals surface area contributed by atoms with Crippen molar-refractivity contribution in [2.75, 3.05) is 26.2 Å². The molecule has 0 saturated carbocycles. The Bertz CT molecular complexity index is 774. The highest BCUT2D eigenvalue weighted by Crippen LogP contribution is 2.23. The zero-order valence-electron chi connectivity index (χ0n) is 16.8. The third-order valence-electron chi connectivity index (χ3n) is 5.44. The Kier molecular flexibility index (Phi) is 7.35. The van der Waals surface area contributed by atoms with Crippen LogP contribution in [0.4, 0.5) is 0 Å². The molecule has 2 atom stereocenters. The van der Waals surface area contributed by atoms with Gasteiger partial charge in [0.1, 0.15) is 18.0 Å². The van der Waals surface area contributed by atoms with Gasteiger partial charge in [-0.2, -0.15) is 0 Å². The molecular formula is C23H30ClN2O2+. The van der Waals surface area contributed by atoms with Crippen molar-refractivity contribution in [1.29, 1.82) is 0 Å². The zero-order chi connectivity index (χ0) is 19.9. The number of quaternary nitrogens is 1. The molecule has 2 aromatic rings. The molecule has 1 aliphatic heterocycles. The molecule has 1 aliphatic rings. The minimum Gasteiger partial charge on any atom is -0.457 e. The highest BCUT2D eigenvalue weighted by Gasteiger charge is 2.30. The molecule has 150 valence electrons. The first-order valence-electron chi connectivity index (χ1n) is 10.2. The molecule has 1 N–H and O–H groups in total. The SMILES string of the molecule is CCN(CC)C(=O)[C@H]1CCC[NH+](Cc2cccc(Oc3ccc(Cl)cc3)c2)C1. The van der Waals surface area contributed by atoms with E-state index in [-0.39, 0.29) is 5.92 Å². The smallest absolute Gasteiger partial charge is 0.231 e. The van der Waals surface area contributed by atoms with Gasteiger partial charge in [0.2, 0.25) is 5.91 Å². The van der Waals surface area contributed by atoms with E-state index in [2.05, 4.69) is 26.0 Å². The second-order valence-electron chi connectivity index (χ2n) is 7.43. The number of piperidine rings is 1. The number of amides is 1. The van der Waals surface area contributed by atoms with Crippen molar-refractivity contribution in [1.82, 2.24) is 4.90 Å². The van der Waals surface area contributed by atoms with Gasteiger partial charge in [0, 0.05) is 23.7 Å². The van der Waals surface area contributed by atoms with Crippen molar-refractivity contribution in [3.8, 4) is 11.5 Å². The summed E-state index contributed by atoms with van der Waals surface area (Å²) in [6.07, 6.45) is 2.12. The van der Waals surface area contributed by atoms with Crippen LogP contribution in [0.25, 0.3) is 0 Å². The number of nitrogens with zero attached hydrogens (tertiary/aromatic N) is 1. The summed E-state index contributed by atoms with van der Waals surface area (Å²) in [5.74, 6) is 2.07. The lowest BCUT2D eigenvalue weighted by Gasteiger charge is -2.32. The van der Waals surface area contributed by atoms with Gasteiger partial charge in [0.05, 0.1) is 19.0 Å². The molecule has 0 radical (unpaired) electrons. The number of halogens is 1. The molecular weight excluding hydrogens is 372 g/mol. The molecule has 1 saturated heterocycles. The lowest BCUT2D eigenvalue weighted by molar-refractivity contribution is -0.921. The van der Waals surface area contributed by atoms with E-state index < -0.39 is 0 Å². The number of rotatable bonds is 7. The summed E-state index contributed by atoms with van der Waals surface area (Å²) in [7, 11) is 0. The van der Waals surface area contributed by atoms with Gasteiger partial charge in [-0.05, 0) is 63.1 Å². The average molecular weight is 402 g/mol. The molecule has 2 aromatic carbocycles. The first-order chi connectivity index (χ1) is 13.6. The van der Waals surface area contributed by atoms with Crippen LogP contribution < -0.4 is 9.64 Å². The molecule has 0 spiro atoms. The van der Waals surface area contributed by atoms with Crippen LogP contribution in [0.3, 0.4) is 0 Å². The monoisotopic (exact) mass is 401 g/mol. The molecule has 4 nitrogen and oxygen atoms in total. The van der Waals surface area contributed by atoms with Crippen LogP contribution in [-0.4, -0.2) is 37.0 Å². The Morgan fingerprint density at radius 2 is 1.89 bits per heavy atom. The zero-order valence-corrected chi connectivity index (χ0v) is 17.5. The summed E-state index contributed by atoms with van der Waals surface area (Å²) < 4.78 is 5.95. The Labute approximate surface area is 173 Å². The molecule has 1 amide bonds. The first-order valence-corrected chi connectivity index (χ1v) is 10.6. The number of ether oxygens (including phenoxy) is 1. The number of carbonyl (C=O) groups is 1. The fourth-order valence-corrected chi connectivity index (χ4v) is 4.09. The Morgan fingerprint density at radius 3 is 2.61 bits per heavy atom. The second-order valence-corrected chi connectivity index (χ2v) is 7.87. The predicted octanol–water partition coefficient (Wildman–Crippen LogP) is 3.80. The Hall–Kier alpha value is -2.04. The van der Waals surface area contributed by atoms with Gasteiger partial charge < -0.3 is 14.5 Å². The van der Waals surface area contributed by atoms with Gasteiger partial charge >= 0.3 is 0 Å². The molecule has 3 rings (SSSR count). The van der Waals surface area contributed by atoms with Crippen molar-refractivity contribution in [3.05, 3.63) is 59.1 Å². The number of likely N-dealkylation sites (tertiary alicyclic amines) is 1. The fraction of sp³-hybridized carbons (Fsp3) is 0.435. The highest BCUT2D eigenvalue weighted by molar-refractivity contribution is 6.30. The average Bonchev–Trinajstić information content (AvgIpc) is 2.71.